The van der Waals surface area contributed by atoms with Crippen molar-refractivity contribution in [3.8, 4) is 33.9 Å². The van der Waals surface area contributed by atoms with E-state index in [-0.39, 0.29) is 0 Å². The number of hydrogen-bond donors (Lipinski definition) is 0. The van der Waals surface area contributed by atoms with Crippen LogP contribution in [0, 0.1) is 13.8 Å². The summed E-state index contributed by atoms with van der Waals surface area (Å²) >= 11 is 0. The van der Waals surface area contributed by atoms with Gasteiger partial charge in [0.25, 0.3) is 0 Å². The predicted octanol–water partition coefficient (Wildman–Crippen LogP) is 12.4. The van der Waals surface area contributed by atoms with Gasteiger partial charge in [-0.15, -0.1) is 0 Å². The number of imidazole rings is 1. The number of hydrogen-bond acceptors (Lipinski definition) is 1. The Balaban J connectivity index is 1.13. The fourth-order valence-electron chi connectivity index (χ4n) is 7.98. The molecule has 0 radical (unpaired) electrons. The first-order chi connectivity index (χ1) is 24.6. The van der Waals surface area contributed by atoms with Gasteiger partial charge < -0.3 is 4.57 Å². The van der Waals surface area contributed by atoms with Crippen LogP contribution in [0.3, 0.4) is 0 Å². The van der Waals surface area contributed by atoms with E-state index in [2.05, 4.69) is 187 Å². The lowest BCUT2D eigenvalue weighted by atomic mass is 9.93. The summed E-state index contributed by atoms with van der Waals surface area (Å²) in [4.78, 5) is 5.10. The monoisotopic (exact) mass is 639 g/mol. The molecule has 0 unspecified atom stereocenters. The minimum Gasteiger partial charge on any atom is -0.313 e. The fraction of sp³-hybridized carbons (Fsp3) is 0.0426. The molecule has 0 amide bonds. The van der Waals surface area contributed by atoms with Gasteiger partial charge in [-0.2, -0.15) is 0 Å². The van der Waals surface area contributed by atoms with Gasteiger partial charge in [-0.05, 0) is 112 Å². The molecule has 10 aromatic rings. The van der Waals surface area contributed by atoms with Crippen LogP contribution in [0.25, 0.3) is 88.1 Å². The van der Waals surface area contributed by atoms with E-state index >= 15 is 0 Å². The summed E-state index contributed by atoms with van der Waals surface area (Å²) in [6, 6.07) is 59.2. The molecule has 0 saturated carbocycles. The van der Waals surface area contributed by atoms with Gasteiger partial charge in [-0.1, -0.05) is 109 Å². The molecule has 0 N–H and O–H groups in total. The molecule has 2 heterocycles. The molecule has 10 rings (SSSR count). The maximum atomic E-state index is 5.10. The molecule has 0 aliphatic rings. The second-order valence-corrected chi connectivity index (χ2v) is 13.3. The van der Waals surface area contributed by atoms with Crippen molar-refractivity contribution in [1.29, 1.82) is 0 Å². The van der Waals surface area contributed by atoms with Crippen molar-refractivity contribution < 1.29 is 0 Å². The maximum Gasteiger partial charge on any atom is 0.145 e. The van der Waals surface area contributed by atoms with Crippen LogP contribution in [0.1, 0.15) is 11.3 Å². The molecule has 3 heteroatoms. The van der Waals surface area contributed by atoms with Crippen LogP contribution in [0.5, 0.6) is 0 Å². The first-order valence-electron chi connectivity index (χ1n) is 17.2. The van der Waals surface area contributed by atoms with Crippen molar-refractivity contribution in [3.05, 3.63) is 175 Å². The van der Waals surface area contributed by atoms with E-state index in [0.717, 1.165) is 33.8 Å². The molecular formula is C47H33N3. The largest absolute Gasteiger partial charge is 0.313 e. The third-order valence-electron chi connectivity index (χ3n) is 10.6. The minimum atomic E-state index is 0.938. The summed E-state index contributed by atoms with van der Waals surface area (Å²) in [5, 5.41) is 8.88. The van der Waals surface area contributed by atoms with Gasteiger partial charge in [0.15, 0.2) is 0 Å². The van der Waals surface area contributed by atoms with Crippen LogP contribution in [0.15, 0.2) is 164 Å². The molecule has 0 fully saturated rings. The van der Waals surface area contributed by atoms with E-state index in [4.69, 9.17) is 4.98 Å². The van der Waals surface area contributed by atoms with Gasteiger partial charge in [0.05, 0.1) is 16.6 Å². The van der Waals surface area contributed by atoms with Crippen LogP contribution >= 0.6 is 0 Å². The minimum absolute atomic E-state index is 0.938. The van der Waals surface area contributed by atoms with Crippen LogP contribution in [-0.2, 0) is 0 Å². The van der Waals surface area contributed by atoms with E-state index in [9.17, 15) is 0 Å². The molecule has 236 valence electrons. The zero-order valence-corrected chi connectivity index (χ0v) is 27.9. The second kappa shape index (κ2) is 11.0. The lowest BCUT2D eigenvalue weighted by molar-refractivity contribution is 1.04. The highest BCUT2D eigenvalue weighted by atomic mass is 15.1. The third-order valence-corrected chi connectivity index (χ3v) is 10.6. The first kappa shape index (κ1) is 28.6. The SMILES string of the molecule is Cc1c(C)n(-c2ccc(-c3nc4ccccc4n3-c3ccccc3)cc2)c2c1ccc1c3cccc(-c4ccc5ccccc5c4)c3ccc12. The zero-order chi connectivity index (χ0) is 33.3. The Labute approximate surface area is 290 Å². The van der Waals surface area contributed by atoms with Gasteiger partial charge in [0.1, 0.15) is 5.82 Å². The van der Waals surface area contributed by atoms with E-state index < -0.39 is 0 Å². The van der Waals surface area contributed by atoms with E-state index in [1.807, 2.05) is 0 Å². The average molecular weight is 640 g/mol. The van der Waals surface area contributed by atoms with Crippen molar-refractivity contribution in [2.45, 2.75) is 13.8 Å². The summed E-state index contributed by atoms with van der Waals surface area (Å²) in [6.07, 6.45) is 0. The molecule has 3 nitrogen and oxygen atoms in total. The molecule has 0 saturated heterocycles. The van der Waals surface area contributed by atoms with E-state index in [0.29, 0.717) is 0 Å². The lowest BCUT2D eigenvalue weighted by Crippen LogP contribution is -1.99. The maximum absolute atomic E-state index is 5.10. The summed E-state index contributed by atoms with van der Waals surface area (Å²) in [6.45, 7) is 4.48. The standard InChI is InChI=1S/C47H33N3/c1-30-31(2)49(37-23-21-33(22-24-37)47-48-44-17-8-9-18-45(44)50(47)36-13-4-3-5-14-36)46-38(30)25-26-42-40-16-10-15-39(41(40)27-28-43(42)46)35-20-19-32-11-6-7-12-34(32)29-35/h3-29H,1-2H3. The molecule has 2 aromatic heterocycles. The van der Waals surface area contributed by atoms with Gasteiger partial charge in [-0.25, -0.2) is 4.98 Å². The normalized spacial score (nSPS) is 11.8. The topological polar surface area (TPSA) is 22.8 Å². The van der Waals surface area contributed by atoms with Crippen molar-refractivity contribution in [3.63, 3.8) is 0 Å². The molecule has 0 aliphatic carbocycles. The van der Waals surface area contributed by atoms with Crippen LogP contribution in [0.2, 0.25) is 0 Å². The lowest BCUT2D eigenvalue weighted by Gasteiger charge is -2.14. The van der Waals surface area contributed by atoms with Crippen LogP contribution in [0.4, 0.5) is 0 Å². The molecule has 50 heavy (non-hydrogen) atoms. The van der Waals surface area contributed by atoms with Gasteiger partial charge in [0.2, 0.25) is 0 Å². The Morgan fingerprint density at radius 3 is 1.96 bits per heavy atom. The molecular weight excluding hydrogens is 607 g/mol. The van der Waals surface area contributed by atoms with E-state index in [1.165, 1.54) is 65.6 Å². The number of nitrogens with zero attached hydrogens (tertiary/aromatic N) is 3. The van der Waals surface area contributed by atoms with Gasteiger partial charge in [0, 0.05) is 33.4 Å². The van der Waals surface area contributed by atoms with Gasteiger partial charge >= 0.3 is 0 Å². The number of benzene rings is 8. The number of fused-ring (bicyclic) bond motifs is 7. The summed E-state index contributed by atoms with van der Waals surface area (Å²) in [5.74, 6) is 0.938. The second-order valence-electron chi connectivity index (χ2n) is 13.3. The Morgan fingerprint density at radius 1 is 0.440 bits per heavy atom. The highest BCUT2D eigenvalue weighted by Gasteiger charge is 2.19. The molecule has 0 aliphatic heterocycles. The smallest absolute Gasteiger partial charge is 0.145 e. The Hall–Kier alpha value is -6.45. The Kier molecular flexibility index (Phi) is 6.31. The number of aryl methyl sites for hydroxylation is 1. The highest BCUT2D eigenvalue weighted by Crippen LogP contribution is 2.40. The van der Waals surface area contributed by atoms with Crippen molar-refractivity contribution in [1.82, 2.24) is 14.1 Å². The zero-order valence-electron chi connectivity index (χ0n) is 27.9. The predicted molar refractivity (Wildman–Crippen MR) is 211 cm³/mol. The number of rotatable bonds is 4. The summed E-state index contributed by atoms with van der Waals surface area (Å²) < 4.78 is 4.70. The van der Waals surface area contributed by atoms with Crippen molar-refractivity contribution in [2.24, 2.45) is 0 Å². The van der Waals surface area contributed by atoms with E-state index in [1.54, 1.807) is 0 Å². The fourth-order valence-corrected chi connectivity index (χ4v) is 7.98. The Bertz CT molecular complexity index is 2930. The first-order valence-corrected chi connectivity index (χ1v) is 17.2. The molecule has 0 atom stereocenters. The number of aromatic nitrogens is 3. The Morgan fingerprint density at radius 2 is 1.10 bits per heavy atom. The summed E-state index contributed by atoms with van der Waals surface area (Å²) in [5.41, 5.74) is 11.7. The van der Waals surface area contributed by atoms with Crippen LogP contribution in [-0.4, -0.2) is 14.1 Å². The van der Waals surface area contributed by atoms with Crippen molar-refractivity contribution >= 4 is 54.3 Å². The molecule has 8 aromatic carbocycles. The summed E-state index contributed by atoms with van der Waals surface area (Å²) in [7, 11) is 0. The van der Waals surface area contributed by atoms with Gasteiger partial charge in [-0.3, -0.25) is 4.57 Å². The highest BCUT2D eigenvalue weighted by molar-refractivity contribution is 6.19. The molecule has 0 spiro atoms. The van der Waals surface area contributed by atoms with Crippen LogP contribution < -0.4 is 0 Å². The third kappa shape index (κ3) is 4.27. The van der Waals surface area contributed by atoms with Crippen molar-refractivity contribution in [2.75, 3.05) is 0 Å². The number of para-hydroxylation sites is 3. The average Bonchev–Trinajstić information content (AvgIpc) is 3.69. The molecule has 0 bridgehead atoms. The quantitative estimate of drug-likeness (QED) is 0.176.